The molecule has 0 atom stereocenters. The molecular formula is C19H28ClN3O3. The second-order valence-corrected chi connectivity index (χ2v) is 7.08. The van der Waals surface area contributed by atoms with Crippen LogP contribution in [0.25, 0.3) is 0 Å². The summed E-state index contributed by atoms with van der Waals surface area (Å²) in [7, 11) is 0. The van der Waals surface area contributed by atoms with Gasteiger partial charge >= 0.3 is 12.0 Å². The Morgan fingerprint density at radius 3 is 2.50 bits per heavy atom. The Kier molecular flexibility index (Phi) is 8.19. The second kappa shape index (κ2) is 10.4. The van der Waals surface area contributed by atoms with Crippen molar-refractivity contribution in [3.05, 3.63) is 34.9 Å². The highest BCUT2D eigenvalue weighted by molar-refractivity contribution is 6.30. The zero-order valence-corrected chi connectivity index (χ0v) is 16.0. The molecule has 0 radical (unpaired) electrons. The summed E-state index contributed by atoms with van der Waals surface area (Å²) in [5.74, 6) is -0.803. The van der Waals surface area contributed by atoms with Gasteiger partial charge in [0.1, 0.15) is 0 Å². The number of hydrogen-bond donors (Lipinski definition) is 2. The van der Waals surface area contributed by atoms with Gasteiger partial charge in [-0.2, -0.15) is 0 Å². The van der Waals surface area contributed by atoms with Crippen molar-refractivity contribution in [1.82, 2.24) is 15.1 Å². The number of benzene rings is 1. The molecule has 0 saturated carbocycles. The Labute approximate surface area is 160 Å². The van der Waals surface area contributed by atoms with Crippen LogP contribution in [0.1, 0.15) is 31.7 Å². The number of hydrogen-bond acceptors (Lipinski definition) is 3. The largest absolute Gasteiger partial charge is 0.480 e. The van der Waals surface area contributed by atoms with E-state index in [2.05, 4.69) is 5.32 Å². The summed E-state index contributed by atoms with van der Waals surface area (Å²) in [5, 5.41) is 12.8. The van der Waals surface area contributed by atoms with Crippen LogP contribution in [-0.2, 0) is 11.2 Å². The molecule has 0 bridgehead atoms. The standard InChI is InChI=1S/C19H28ClN3O3/c1-2-21-19(26)22-12-9-17(10-13-22)23(14-18(24)25)11-3-4-15-5-7-16(20)8-6-15/h5-8,17H,2-4,9-14H2,1H3,(H,21,26)(H,24,25). The number of carbonyl (C=O) groups excluding carboxylic acids is 1. The molecule has 1 aliphatic heterocycles. The molecule has 26 heavy (non-hydrogen) atoms. The van der Waals surface area contributed by atoms with Gasteiger partial charge < -0.3 is 15.3 Å². The molecule has 2 rings (SSSR count). The first-order valence-electron chi connectivity index (χ1n) is 9.22. The monoisotopic (exact) mass is 381 g/mol. The lowest BCUT2D eigenvalue weighted by Crippen LogP contribution is -2.50. The van der Waals surface area contributed by atoms with E-state index < -0.39 is 5.97 Å². The zero-order valence-electron chi connectivity index (χ0n) is 15.3. The summed E-state index contributed by atoms with van der Waals surface area (Å²) in [6.07, 6.45) is 3.41. The van der Waals surface area contributed by atoms with Crippen molar-refractivity contribution in [2.45, 2.75) is 38.6 Å². The minimum atomic E-state index is -0.803. The van der Waals surface area contributed by atoms with Gasteiger partial charge in [0.15, 0.2) is 0 Å². The molecule has 0 unspecified atom stereocenters. The smallest absolute Gasteiger partial charge is 0.317 e. The van der Waals surface area contributed by atoms with Gasteiger partial charge in [-0.1, -0.05) is 23.7 Å². The van der Waals surface area contributed by atoms with E-state index in [1.165, 1.54) is 5.56 Å². The normalized spacial score (nSPS) is 15.3. The molecule has 0 spiro atoms. The van der Waals surface area contributed by atoms with E-state index >= 15 is 0 Å². The van der Waals surface area contributed by atoms with Gasteiger partial charge in [0.05, 0.1) is 6.54 Å². The summed E-state index contributed by atoms with van der Waals surface area (Å²) < 4.78 is 0. The molecule has 1 aromatic carbocycles. The fourth-order valence-corrected chi connectivity index (χ4v) is 3.52. The first-order valence-corrected chi connectivity index (χ1v) is 9.60. The van der Waals surface area contributed by atoms with Gasteiger partial charge in [0.2, 0.25) is 0 Å². The highest BCUT2D eigenvalue weighted by atomic mass is 35.5. The summed E-state index contributed by atoms with van der Waals surface area (Å²) in [4.78, 5) is 27.0. The van der Waals surface area contributed by atoms with Crippen LogP contribution in [0.15, 0.2) is 24.3 Å². The third kappa shape index (κ3) is 6.50. The maximum Gasteiger partial charge on any atom is 0.317 e. The van der Waals surface area contributed by atoms with Gasteiger partial charge in [-0.25, -0.2) is 4.79 Å². The van der Waals surface area contributed by atoms with Crippen LogP contribution >= 0.6 is 11.6 Å². The minimum absolute atomic E-state index is 0.0292. The molecule has 1 aliphatic rings. The predicted molar refractivity (Wildman–Crippen MR) is 103 cm³/mol. The lowest BCUT2D eigenvalue weighted by Gasteiger charge is -2.37. The van der Waals surface area contributed by atoms with Gasteiger partial charge in [-0.05, 0) is 56.8 Å². The van der Waals surface area contributed by atoms with Crippen molar-refractivity contribution in [2.75, 3.05) is 32.7 Å². The molecule has 1 saturated heterocycles. The molecule has 0 aromatic heterocycles. The van der Waals surface area contributed by atoms with Gasteiger partial charge in [-0.3, -0.25) is 9.69 Å². The average Bonchev–Trinajstić information content (AvgIpc) is 2.62. The first kappa shape index (κ1) is 20.5. The SMILES string of the molecule is CCNC(=O)N1CCC(N(CCCc2ccc(Cl)cc2)CC(=O)O)CC1. The van der Waals surface area contributed by atoms with Crippen molar-refractivity contribution < 1.29 is 14.7 Å². The minimum Gasteiger partial charge on any atom is -0.480 e. The van der Waals surface area contributed by atoms with E-state index in [4.69, 9.17) is 11.6 Å². The number of rotatable bonds is 8. The van der Waals surface area contributed by atoms with Gasteiger partial charge in [0, 0.05) is 30.7 Å². The molecule has 2 amide bonds. The second-order valence-electron chi connectivity index (χ2n) is 6.65. The van der Waals surface area contributed by atoms with E-state index in [1.54, 1.807) is 0 Å². The molecule has 1 heterocycles. The number of nitrogens with zero attached hydrogens (tertiary/aromatic N) is 2. The molecule has 7 heteroatoms. The predicted octanol–water partition coefficient (Wildman–Crippen LogP) is 2.85. The maximum atomic E-state index is 11.9. The van der Waals surface area contributed by atoms with Crippen molar-refractivity contribution in [2.24, 2.45) is 0 Å². The number of halogens is 1. The number of carbonyl (C=O) groups is 2. The number of carboxylic acid groups (broad SMARTS) is 1. The lowest BCUT2D eigenvalue weighted by atomic mass is 10.0. The van der Waals surface area contributed by atoms with E-state index in [0.29, 0.717) is 19.6 Å². The van der Waals surface area contributed by atoms with Gasteiger partial charge in [0.25, 0.3) is 0 Å². The molecular weight excluding hydrogens is 354 g/mol. The number of aryl methyl sites for hydroxylation is 1. The number of piperidine rings is 1. The van der Waals surface area contributed by atoms with Crippen LogP contribution in [0, 0.1) is 0 Å². The molecule has 6 nitrogen and oxygen atoms in total. The van der Waals surface area contributed by atoms with Crippen molar-refractivity contribution in [3.8, 4) is 0 Å². The highest BCUT2D eigenvalue weighted by Gasteiger charge is 2.27. The molecule has 1 aromatic rings. The number of likely N-dealkylation sites (tertiary alicyclic amines) is 1. The maximum absolute atomic E-state index is 11.9. The Bertz CT molecular complexity index is 586. The fraction of sp³-hybridized carbons (Fsp3) is 0.579. The van der Waals surface area contributed by atoms with Crippen LogP contribution in [0.4, 0.5) is 4.79 Å². The van der Waals surface area contributed by atoms with Crippen molar-refractivity contribution >= 4 is 23.6 Å². The van der Waals surface area contributed by atoms with E-state index in [-0.39, 0.29) is 18.6 Å². The Balaban J connectivity index is 1.84. The fourth-order valence-electron chi connectivity index (χ4n) is 3.40. The first-order chi connectivity index (χ1) is 12.5. The Morgan fingerprint density at radius 1 is 1.27 bits per heavy atom. The Hall–Kier alpha value is -1.79. The van der Waals surface area contributed by atoms with E-state index in [1.807, 2.05) is 41.0 Å². The zero-order chi connectivity index (χ0) is 18.9. The summed E-state index contributed by atoms with van der Waals surface area (Å²) in [6.45, 7) is 4.65. The number of amides is 2. The molecule has 0 aliphatic carbocycles. The summed E-state index contributed by atoms with van der Waals surface area (Å²) >= 11 is 5.90. The third-order valence-corrected chi connectivity index (χ3v) is 5.01. The van der Waals surface area contributed by atoms with Gasteiger partial charge in [-0.15, -0.1) is 0 Å². The quantitative estimate of drug-likeness (QED) is 0.726. The van der Waals surface area contributed by atoms with Crippen molar-refractivity contribution in [1.29, 1.82) is 0 Å². The molecule has 1 fully saturated rings. The number of carboxylic acids is 1. The topological polar surface area (TPSA) is 72.9 Å². The van der Waals surface area contributed by atoms with Crippen LogP contribution in [0.3, 0.4) is 0 Å². The summed E-state index contributed by atoms with van der Waals surface area (Å²) in [6, 6.07) is 7.95. The van der Waals surface area contributed by atoms with Crippen LogP contribution in [0.5, 0.6) is 0 Å². The molecule has 2 N–H and O–H groups in total. The average molecular weight is 382 g/mol. The Morgan fingerprint density at radius 2 is 1.92 bits per heavy atom. The van der Waals surface area contributed by atoms with Crippen LogP contribution in [0.2, 0.25) is 5.02 Å². The number of aliphatic carboxylic acids is 1. The van der Waals surface area contributed by atoms with E-state index in [9.17, 15) is 14.7 Å². The summed E-state index contributed by atoms with van der Waals surface area (Å²) in [5.41, 5.74) is 1.20. The van der Waals surface area contributed by atoms with E-state index in [0.717, 1.165) is 37.3 Å². The third-order valence-electron chi connectivity index (χ3n) is 4.76. The lowest BCUT2D eigenvalue weighted by molar-refractivity contribution is -0.139. The van der Waals surface area contributed by atoms with Crippen molar-refractivity contribution in [3.63, 3.8) is 0 Å². The van der Waals surface area contributed by atoms with Crippen LogP contribution < -0.4 is 5.32 Å². The van der Waals surface area contributed by atoms with Crippen LogP contribution in [-0.4, -0.2) is 65.7 Å². The number of nitrogens with one attached hydrogen (secondary N) is 1. The number of urea groups is 1. The highest BCUT2D eigenvalue weighted by Crippen LogP contribution is 2.18. The molecule has 144 valence electrons.